The minimum absolute atomic E-state index is 0.417. The number of halogens is 1. The van der Waals surface area contributed by atoms with E-state index < -0.39 is 0 Å². The first kappa shape index (κ1) is 14.4. The molecule has 0 atom stereocenters. The van der Waals surface area contributed by atoms with Gasteiger partial charge in [0.15, 0.2) is 11.5 Å². The molecule has 2 rings (SSSR count). The van der Waals surface area contributed by atoms with Gasteiger partial charge in [-0.1, -0.05) is 18.5 Å². The Hall–Kier alpha value is -2.01. The van der Waals surface area contributed by atoms with Crippen LogP contribution in [0.25, 0.3) is 0 Å². The topological polar surface area (TPSA) is 56.3 Å². The van der Waals surface area contributed by atoms with Crippen molar-refractivity contribution in [1.82, 2.24) is 9.97 Å². The molecule has 0 unspecified atom stereocenters. The quantitative estimate of drug-likeness (QED) is 0.856. The van der Waals surface area contributed by atoms with Crippen LogP contribution in [0.15, 0.2) is 24.3 Å². The van der Waals surface area contributed by atoms with Crippen LogP contribution >= 0.6 is 11.6 Å². The third-order valence-electron chi connectivity index (χ3n) is 2.71. The molecule has 6 heteroatoms. The maximum absolute atomic E-state index is 5.97. The highest BCUT2D eigenvalue weighted by Crippen LogP contribution is 2.31. The van der Waals surface area contributed by atoms with E-state index in [1.807, 2.05) is 25.1 Å². The highest BCUT2D eigenvalue weighted by Gasteiger charge is 2.06. The third kappa shape index (κ3) is 3.30. The lowest BCUT2D eigenvalue weighted by Crippen LogP contribution is -2.00. The Morgan fingerprint density at radius 3 is 2.50 bits per heavy atom. The molecule has 0 saturated carbocycles. The Morgan fingerprint density at radius 1 is 1.10 bits per heavy atom. The van der Waals surface area contributed by atoms with Crippen LogP contribution in [0.1, 0.15) is 12.7 Å². The van der Waals surface area contributed by atoms with Gasteiger partial charge in [-0.05, 0) is 12.1 Å². The summed E-state index contributed by atoms with van der Waals surface area (Å²) in [5, 5.41) is 3.59. The zero-order valence-electron chi connectivity index (χ0n) is 11.6. The summed E-state index contributed by atoms with van der Waals surface area (Å²) >= 11 is 5.97. The predicted molar refractivity (Wildman–Crippen MR) is 79.2 cm³/mol. The second-order valence-corrected chi connectivity index (χ2v) is 4.43. The fourth-order valence-corrected chi connectivity index (χ4v) is 1.95. The summed E-state index contributed by atoms with van der Waals surface area (Å²) in [5.41, 5.74) is 0.833. The SMILES string of the molecule is CCc1nc(Cl)cc(Nc2ccc(OC)c(OC)c2)n1. The van der Waals surface area contributed by atoms with Crippen molar-refractivity contribution in [1.29, 1.82) is 0 Å². The number of nitrogens with one attached hydrogen (secondary N) is 1. The fourth-order valence-electron chi connectivity index (χ4n) is 1.75. The number of aryl methyl sites for hydroxylation is 1. The normalized spacial score (nSPS) is 10.2. The zero-order chi connectivity index (χ0) is 14.5. The van der Waals surface area contributed by atoms with Crippen molar-refractivity contribution in [3.05, 3.63) is 35.2 Å². The van der Waals surface area contributed by atoms with Gasteiger partial charge in [-0.2, -0.15) is 0 Å². The minimum Gasteiger partial charge on any atom is -0.493 e. The molecule has 0 aliphatic carbocycles. The summed E-state index contributed by atoms with van der Waals surface area (Å²) in [6, 6.07) is 7.21. The number of nitrogens with zero attached hydrogens (tertiary/aromatic N) is 2. The number of aromatic nitrogens is 2. The molecule has 1 N–H and O–H groups in total. The standard InChI is InChI=1S/C14H16ClN3O2/c1-4-13-17-12(15)8-14(18-13)16-9-5-6-10(19-2)11(7-9)20-3/h5-8H,4H2,1-3H3,(H,16,17,18). The van der Waals surface area contributed by atoms with E-state index in [-0.39, 0.29) is 0 Å². The van der Waals surface area contributed by atoms with Crippen molar-refractivity contribution in [3.8, 4) is 11.5 Å². The molecule has 1 heterocycles. The van der Waals surface area contributed by atoms with Gasteiger partial charge in [0, 0.05) is 24.2 Å². The highest BCUT2D eigenvalue weighted by atomic mass is 35.5. The molecule has 0 amide bonds. The van der Waals surface area contributed by atoms with Crippen LogP contribution in [0.5, 0.6) is 11.5 Å². The number of rotatable bonds is 5. The molecule has 0 radical (unpaired) electrons. The molecule has 106 valence electrons. The summed E-state index contributed by atoms with van der Waals surface area (Å²) in [6.45, 7) is 1.98. The second kappa shape index (κ2) is 6.43. The Labute approximate surface area is 122 Å². The van der Waals surface area contributed by atoms with Crippen molar-refractivity contribution < 1.29 is 9.47 Å². The van der Waals surface area contributed by atoms with Crippen LogP contribution in [0.3, 0.4) is 0 Å². The summed E-state index contributed by atoms with van der Waals surface area (Å²) in [7, 11) is 3.20. The first-order valence-electron chi connectivity index (χ1n) is 6.18. The average molecular weight is 294 g/mol. The number of hydrogen-bond acceptors (Lipinski definition) is 5. The molecule has 20 heavy (non-hydrogen) atoms. The summed E-state index contributed by atoms with van der Waals surface area (Å²) in [5.74, 6) is 2.66. The molecular formula is C14H16ClN3O2. The molecule has 5 nitrogen and oxygen atoms in total. The van der Waals surface area contributed by atoms with E-state index in [1.54, 1.807) is 20.3 Å². The van der Waals surface area contributed by atoms with Gasteiger partial charge in [0.25, 0.3) is 0 Å². The summed E-state index contributed by atoms with van der Waals surface area (Å²) < 4.78 is 10.5. The second-order valence-electron chi connectivity index (χ2n) is 4.04. The molecule has 0 fully saturated rings. The van der Waals surface area contributed by atoms with Crippen molar-refractivity contribution in [2.75, 3.05) is 19.5 Å². The van der Waals surface area contributed by atoms with Crippen LogP contribution in [0.2, 0.25) is 5.15 Å². The third-order valence-corrected chi connectivity index (χ3v) is 2.91. The van der Waals surface area contributed by atoms with E-state index >= 15 is 0 Å². The van der Waals surface area contributed by atoms with Gasteiger partial charge in [0.05, 0.1) is 14.2 Å². The number of anilines is 2. The van der Waals surface area contributed by atoms with Gasteiger partial charge in [-0.3, -0.25) is 0 Å². The largest absolute Gasteiger partial charge is 0.493 e. The van der Waals surface area contributed by atoms with E-state index in [0.29, 0.717) is 28.3 Å². The predicted octanol–water partition coefficient (Wildman–Crippen LogP) is 3.45. The summed E-state index contributed by atoms with van der Waals surface area (Å²) in [6.07, 6.45) is 0.723. The molecule has 1 aromatic heterocycles. The molecule has 0 bridgehead atoms. The Balaban J connectivity index is 2.27. The van der Waals surface area contributed by atoms with Gasteiger partial charge in [0.2, 0.25) is 0 Å². The average Bonchev–Trinajstić information content (AvgIpc) is 2.46. The van der Waals surface area contributed by atoms with Crippen LogP contribution in [0.4, 0.5) is 11.5 Å². The maximum Gasteiger partial charge on any atom is 0.162 e. The number of methoxy groups -OCH3 is 2. The number of hydrogen-bond donors (Lipinski definition) is 1. The van der Waals surface area contributed by atoms with E-state index in [1.165, 1.54) is 0 Å². The van der Waals surface area contributed by atoms with E-state index in [0.717, 1.165) is 12.1 Å². The van der Waals surface area contributed by atoms with Crippen molar-refractivity contribution in [3.63, 3.8) is 0 Å². The van der Waals surface area contributed by atoms with Crippen molar-refractivity contribution in [2.24, 2.45) is 0 Å². The molecule has 2 aromatic rings. The maximum atomic E-state index is 5.97. The number of ether oxygens (including phenoxy) is 2. The van der Waals surface area contributed by atoms with Crippen LogP contribution in [-0.4, -0.2) is 24.2 Å². The molecule has 0 spiro atoms. The monoisotopic (exact) mass is 293 g/mol. The smallest absolute Gasteiger partial charge is 0.162 e. The van der Waals surface area contributed by atoms with Crippen molar-refractivity contribution >= 4 is 23.1 Å². The molecule has 1 aromatic carbocycles. The first-order chi connectivity index (χ1) is 9.66. The first-order valence-corrected chi connectivity index (χ1v) is 6.56. The van der Waals surface area contributed by atoms with Gasteiger partial charge < -0.3 is 14.8 Å². The van der Waals surface area contributed by atoms with Crippen LogP contribution in [0, 0.1) is 0 Å². The lowest BCUT2D eigenvalue weighted by molar-refractivity contribution is 0.355. The zero-order valence-corrected chi connectivity index (χ0v) is 12.4. The van der Waals surface area contributed by atoms with Crippen LogP contribution < -0.4 is 14.8 Å². The minimum atomic E-state index is 0.417. The van der Waals surface area contributed by atoms with E-state index in [4.69, 9.17) is 21.1 Å². The van der Waals surface area contributed by atoms with E-state index in [2.05, 4.69) is 15.3 Å². The summed E-state index contributed by atoms with van der Waals surface area (Å²) in [4.78, 5) is 8.49. The Morgan fingerprint density at radius 2 is 1.85 bits per heavy atom. The molecule has 0 aliphatic heterocycles. The van der Waals surface area contributed by atoms with E-state index in [9.17, 15) is 0 Å². The Kier molecular flexibility index (Phi) is 4.63. The van der Waals surface area contributed by atoms with Gasteiger partial charge in [0.1, 0.15) is 16.8 Å². The Bertz CT molecular complexity index is 605. The van der Waals surface area contributed by atoms with Gasteiger partial charge >= 0.3 is 0 Å². The molecule has 0 aliphatic rings. The fraction of sp³-hybridized carbons (Fsp3) is 0.286. The molecule has 0 saturated heterocycles. The van der Waals surface area contributed by atoms with Crippen LogP contribution in [-0.2, 0) is 6.42 Å². The number of benzene rings is 1. The highest BCUT2D eigenvalue weighted by molar-refractivity contribution is 6.29. The lowest BCUT2D eigenvalue weighted by atomic mass is 10.2. The van der Waals surface area contributed by atoms with Crippen molar-refractivity contribution in [2.45, 2.75) is 13.3 Å². The van der Waals surface area contributed by atoms with Gasteiger partial charge in [-0.15, -0.1) is 0 Å². The lowest BCUT2D eigenvalue weighted by Gasteiger charge is -2.11. The van der Waals surface area contributed by atoms with Gasteiger partial charge in [-0.25, -0.2) is 9.97 Å². The molecular weight excluding hydrogens is 278 g/mol.